The van der Waals surface area contributed by atoms with Crippen LogP contribution in [-0.2, 0) is 13.5 Å². The van der Waals surface area contributed by atoms with Gasteiger partial charge in [-0.15, -0.1) is 11.8 Å². The molecule has 3 nitrogen and oxygen atoms in total. The van der Waals surface area contributed by atoms with Crippen molar-refractivity contribution in [2.75, 3.05) is 12.3 Å². The Kier molecular flexibility index (Phi) is 6.33. The molecule has 4 heteroatoms. The van der Waals surface area contributed by atoms with Crippen LogP contribution in [0.3, 0.4) is 0 Å². The number of nitrogens with one attached hydrogen (secondary N) is 1. The molecule has 1 aromatic heterocycles. The van der Waals surface area contributed by atoms with Crippen molar-refractivity contribution in [1.82, 2.24) is 14.9 Å². The predicted molar refractivity (Wildman–Crippen MR) is 90.8 cm³/mol. The number of hydrogen-bond donors (Lipinski definition) is 1. The van der Waals surface area contributed by atoms with Gasteiger partial charge in [0, 0.05) is 42.6 Å². The van der Waals surface area contributed by atoms with Crippen molar-refractivity contribution < 1.29 is 0 Å². The van der Waals surface area contributed by atoms with Crippen LogP contribution in [0.5, 0.6) is 0 Å². The van der Waals surface area contributed by atoms with Gasteiger partial charge in [0.15, 0.2) is 0 Å². The summed E-state index contributed by atoms with van der Waals surface area (Å²) in [6.45, 7) is 5.49. The molecule has 1 atom stereocenters. The monoisotopic (exact) mass is 303 g/mol. The Labute approximate surface area is 132 Å². The van der Waals surface area contributed by atoms with Crippen LogP contribution in [0.1, 0.15) is 37.7 Å². The minimum Gasteiger partial charge on any atom is -0.338 e. The third-order valence-electron chi connectivity index (χ3n) is 3.57. The molecule has 0 saturated carbocycles. The number of hydrogen-bond acceptors (Lipinski definition) is 3. The van der Waals surface area contributed by atoms with Crippen molar-refractivity contribution in [3.05, 3.63) is 48.0 Å². The maximum absolute atomic E-state index is 4.37. The van der Waals surface area contributed by atoms with Crippen LogP contribution in [0.4, 0.5) is 0 Å². The molecule has 0 radical (unpaired) electrons. The zero-order valence-corrected chi connectivity index (χ0v) is 14.0. The van der Waals surface area contributed by atoms with Crippen LogP contribution < -0.4 is 5.32 Å². The Balaban J connectivity index is 1.87. The number of benzene rings is 1. The van der Waals surface area contributed by atoms with E-state index < -0.39 is 0 Å². The second kappa shape index (κ2) is 8.25. The van der Waals surface area contributed by atoms with Crippen LogP contribution in [-0.4, -0.2) is 21.8 Å². The average molecular weight is 303 g/mol. The van der Waals surface area contributed by atoms with Gasteiger partial charge in [-0.1, -0.05) is 19.1 Å². The molecular formula is C17H25N3S. The summed E-state index contributed by atoms with van der Waals surface area (Å²) in [5.41, 5.74) is 1.37. The lowest BCUT2D eigenvalue weighted by atomic mass is 10.1. The van der Waals surface area contributed by atoms with Crippen molar-refractivity contribution >= 4 is 11.8 Å². The molecule has 0 amide bonds. The van der Waals surface area contributed by atoms with E-state index >= 15 is 0 Å². The third-order valence-corrected chi connectivity index (χ3v) is 4.57. The van der Waals surface area contributed by atoms with E-state index in [4.69, 9.17) is 0 Å². The molecule has 0 spiro atoms. The molecule has 0 aliphatic carbocycles. The lowest BCUT2D eigenvalue weighted by Gasteiger charge is -2.14. The minimum atomic E-state index is 0.417. The highest BCUT2D eigenvalue weighted by molar-refractivity contribution is 7.99. The largest absolute Gasteiger partial charge is 0.338 e. The van der Waals surface area contributed by atoms with Gasteiger partial charge in [0.2, 0.25) is 0 Å². The van der Waals surface area contributed by atoms with Gasteiger partial charge in [-0.2, -0.15) is 0 Å². The molecule has 0 aliphatic rings. The van der Waals surface area contributed by atoms with E-state index in [1.54, 1.807) is 0 Å². The van der Waals surface area contributed by atoms with E-state index in [-0.39, 0.29) is 0 Å². The van der Waals surface area contributed by atoms with Gasteiger partial charge >= 0.3 is 0 Å². The first-order chi connectivity index (χ1) is 10.2. The Hall–Kier alpha value is -1.26. The maximum atomic E-state index is 4.37. The molecule has 0 fully saturated rings. The first-order valence-electron chi connectivity index (χ1n) is 7.63. The van der Waals surface area contributed by atoms with Crippen LogP contribution in [0.2, 0.25) is 0 Å². The van der Waals surface area contributed by atoms with E-state index in [9.17, 15) is 0 Å². The van der Waals surface area contributed by atoms with E-state index in [1.807, 2.05) is 24.2 Å². The fraction of sp³-hybridized carbons (Fsp3) is 0.471. The lowest BCUT2D eigenvalue weighted by molar-refractivity contribution is 0.570. The van der Waals surface area contributed by atoms with E-state index in [0.717, 1.165) is 24.5 Å². The maximum Gasteiger partial charge on any atom is 0.109 e. The van der Waals surface area contributed by atoms with Crippen molar-refractivity contribution in [2.45, 2.75) is 37.6 Å². The van der Waals surface area contributed by atoms with Gasteiger partial charge in [0.05, 0.1) is 0 Å². The van der Waals surface area contributed by atoms with Crippen LogP contribution in [0.25, 0.3) is 0 Å². The number of imidazole rings is 1. The van der Waals surface area contributed by atoms with Crippen LogP contribution in [0.15, 0.2) is 41.6 Å². The molecule has 1 N–H and O–H groups in total. The second-order valence-corrected chi connectivity index (χ2v) is 6.47. The van der Waals surface area contributed by atoms with Gasteiger partial charge in [0.1, 0.15) is 5.82 Å². The standard InChI is InChI=1S/C17H25N3S/c1-4-9-18-14(2)15-6-5-7-16(13-15)21-12-8-17-19-10-11-20(17)3/h5-7,10-11,13-14,18H,4,8-9,12H2,1-3H3. The zero-order valence-electron chi connectivity index (χ0n) is 13.2. The molecule has 1 unspecified atom stereocenters. The molecular weight excluding hydrogens is 278 g/mol. The quantitative estimate of drug-likeness (QED) is 0.752. The number of thioether (sulfide) groups is 1. The Morgan fingerprint density at radius 1 is 1.38 bits per heavy atom. The molecule has 0 saturated heterocycles. The molecule has 1 aromatic carbocycles. The van der Waals surface area contributed by atoms with Crippen LogP contribution in [0, 0.1) is 0 Å². The fourth-order valence-electron chi connectivity index (χ4n) is 2.25. The fourth-order valence-corrected chi connectivity index (χ4v) is 3.16. The van der Waals surface area contributed by atoms with E-state index in [2.05, 4.69) is 60.0 Å². The highest BCUT2D eigenvalue weighted by Gasteiger charge is 2.05. The van der Waals surface area contributed by atoms with Gasteiger partial charge in [0.25, 0.3) is 0 Å². The molecule has 21 heavy (non-hydrogen) atoms. The summed E-state index contributed by atoms with van der Waals surface area (Å²) in [5.74, 6) is 2.21. The molecule has 114 valence electrons. The Bertz CT molecular complexity index is 550. The summed E-state index contributed by atoms with van der Waals surface area (Å²) in [6.07, 6.45) is 6.04. The van der Waals surface area contributed by atoms with Gasteiger partial charge in [-0.25, -0.2) is 4.98 Å². The first-order valence-corrected chi connectivity index (χ1v) is 8.61. The minimum absolute atomic E-state index is 0.417. The molecule has 1 heterocycles. The number of rotatable bonds is 8. The molecule has 2 rings (SSSR count). The molecule has 0 bridgehead atoms. The van der Waals surface area contributed by atoms with E-state index in [1.165, 1.54) is 16.9 Å². The normalized spacial score (nSPS) is 12.5. The summed E-state index contributed by atoms with van der Waals surface area (Å²) < 4.78 is 2.09. The second-order valence-electron chi connectivity index (χ2n) is 5.30. The number of aryl methyl sites for hydroxylation is 2. The van der Waals surface area contributed by atoms with Gasteiger partial charge in [-0.3, -0.25) is 0 Å². The lowest BCUT2D eigenvalue weighted by Crippen LogP contribution is -2.19. The highest BCUT2D eigenvalue weighted by atomic mass is 32.2. The van der Waals surface area contributed by atoms with Crippen molar-refractivity contribution in [2.24, 2.45) is 7.05 Å². The number of nitrogens with zero attached hydrogens (tertiary/aromatic N) is 2. The zero-order chi connectivity index (χ0) is 15.1. The topological polar surface area (TPSA) is 29.9 Å². The van der Waals surface area contributed by atoms with Gasteiger partial charge in [-0.05, 0) is 37.6 Å². The first kappa shape index (κ1) is 16.1. The van der Waals surface area contributed by atoms with Gasteiger partial charge < -0.3 is 9.88 Å². The molecule has 0 aliphatic heterocycles. The van der Waals surface area contributed by atoms with Crippen molar-refractivity contribution in [1.29, 1.82) is 0 Å². The van der Waals surface area contributed by atoms with E-state index in [0.29, 0.717) is 6.04 Å². The Morgan fingerprint density at radius 2 is 2.24 bits per heavy atom. The highest BCUT2D eigenvalue weighted by Crippen LogP contribution is 2.23. The smallest absolute Gasteiger partial charge is 0.109 e. The Morgan fingerprint density at radius 3 is 2.95 bits per heavy atom. The van der Waals surface area contributed by atoms with Crippen LogP contribution >= 0.6 is 11.8 Å². The third kappa shape index (κ3) is 4.90. The van der Waals surface area contributed by atoms with Crippen molar-refractivity contribution in [3.63, 3.8) is 0 Å². The van der Waals surface area contributed by atoms with Crippen molar-refractivity contribution in [3.8, 4) is 0 Å². The SMILES string of the molecule is CCCNC(C)c1cccc(SCCc2nccn2C)c1. The summed E-state index contributed by atoms with van der Waals surface area (Å²) >= 11 is 1.90. The summed E-state index contributed by atoms with van der Waals surface area (Å²) in [7, 11) is 2.05. The predicted octanol–water partition coefficient (Wildman–Crippen LogP) is 3.82. The molecule has 2 aromatic rings. The average Bonchev–Trinajstić information content (AvgIpc) is 2.90. The summed E-state index contributed by atoms with van der Waals surface area (Å²) in [5, 5.41) is 3.54. The summed E-state index contributed by atoms with van der Waals surface area (Å²) in [6, 6.07) is 9.27. The summed E-state index contributed by atoms with van der Waals surface area (Å²) in [4.78, 5) is 5.71. The number of aromatic nitrogens is 2.